The summed E-state index contributed by atoms with van der Waals surface area (Å²) in [5.74, 6) is 0. The average Bonchev–Trinajstić information content (AvgIpc) is 2.51. The molecule has 0 radical (unpaired) electrons. The van der Waals surface area contributed by atoms with Crippen molar-refractivity contribution in [3.63, 3.8) is 0 Å². The number of rotatable bonds is 7. The Kier molecular flexibility index (Phi) is 5.59. The van der Waals surface area contributed by atoms with Crippen LogP contribution < -0.4 is 5.32 Å². The Balaban J connectivity index is 1.91. The first-order valence-electron chi connectivity index (χ1n) is 6.90. The molecule has 0 heterocycles. The predicted molar refractivity (Wildman–Crippen MR) is 92.5 cm³/mol. The molecule has 0 aliphatic rings. The third-order valence-corrected chi connectivity index (χ3v) is 3.77. The molecule has 2 aromatic carbocycles. The molecule has 110 valence electrons. The smallest absolute Gasteiger partial charge is 0.0759 e. The Morgan fingerprint density at radius 2 is 1.81 bits per heavy atom. The topological polar surface area (TPSA) is 21.3 Å². The number of halogens is 1. The Morgan fingerprint density at radius 1 is 1.14 bits per heavy atom. The van der Waals surface area contributed by atoms with Gasteiger partial charge in [0, 0.05) is 10.2 Å². The molecule has 2 rings (SSSR count). The van der Waals surface area contributed by atoms with Crippen LogP contribution in [0.2, 0.25) is 0 Å². The van der Waals surface area contributed by atoms with Crippen molar-refractivity contribution >= 4 is 21.6 Å². The van der Waals surface area contributed by atoms with Crippen LogP contribution >= 0.6 is 15.9 Å². The molecule has 0 aliphatic heterocycles. The van der Waals surface area contributed by atoms with Gasteiger partial charge in [-0.2, -0.15) is 0 Å². The number of hydrogen-bond donors (Lipinski definition) is 1. The standard InChI is InChI=1S/C18H20BrNO/c1-3-18(2,20-17-11-9-16(19)10-12-17)14-21-13-15-7-5-4-6-8-15/h3-12,20H,1,13-14H2,2H3/t18-/m0/s1. The molecule has 2 aromatic rings. The summed E-state index contributed by atoms with van der Waals surface area (Å²) in [6.45, 7) is 7.16. The lowest BCUT2D eigenvalue weighted by Crippen LogP contribution is -2.37. The molecule has 1 N–H and O–H groups in total. The quantitative estimate of drug-likeness (QED) is 0.711. The highest BCUT2D eigenvalue weighted by atomic mass is 79.9. The van der Waals surface area contributed by atoms with Crippen LogP contribution in [-0.2, 0) is 11.3 Å². The normalized spacial score (nSPS) is 13.4. The molecule has 0 saturated carbocycles. The van der Waals surface area contributed by atoms with Crippen LogP contribution in [0.3, 0.4) is 0 Å². The Hall–Kier alpha value is -1.58. The predicted octanol–water partition coefficient (Wildman–Crippen LogP) is 5.02. The van der Waals surface area contributed by atoms with Crippen molar-refractivity contribution < 1.29 is 4.74 Å². The van der Waals surface area contributed by atoms with E-state index < -0.39 is 0 Å². The van der Waals surface area contributed by atoms with Crippen molar-refractivity contribution in [3.8, 4) is 0 Å². The van der Waals surface area contributed by atoms with E-state index in [0.717, 1.165) is 10.2 Å². The number of anilines is 1. The molecule has 3 heteroatoms. The first-order valence-corrected chi connectivity index (χ1v) is 7.70. The maximum atomic E-state index is 5.83. The van der Waals surface area contributed by atoms with Gasteiger partial charge in [0.25, 0.3) is 0 Å². The van der Waals surface area contributed by atoms with Gasteiger partial charge in [-0.25, -0.2) is 0 Å². The Labute approximate surface area is 135 Å². The fourth-order valence-corrected chi connectivity index (χ4v) is 2.23. The van der Waals surface area contributed by atoms with Crippen molar-refractivity contribution in [2.45, 2.75) is 19.1 Å². The summed E-state index contributed by atoms with van der Waals surface area (Å²) in [6.07, 6.45) is 1.89. The zero-order chi connectivity index (χ0) is 15.1. The second kappa shape index (κ2) is 7.43. The second-order valence-corrected chi connectivity index (χ2v) is 6.15. The monoisotopic (exact) mass is 345 g/mol. The lowest BCUT2D eigenvalue weighted by atomic mass is 10.0. The number of hydrogen-bond acceptors (Lipinski definition) is 2. The zero-order valence-electron chi connectivity index (χ0n) is 12.2. The van der Waals surface area contributed by atoms with E-state index in [9.17, 15) is 0 Å². The fourth-order valence-electron chi connectivity index (χ4n) is 1.96. The summed E-state index contributed by atoms with van der Waals surface area (Å²) in [5, 5.41) is 3.45. The molecule has 0 unspecified atom stereocenters. The average molecular weight is 346 g/mol. The minimum absolute atomic E-state index is 0.303. The van der Waals surface area contributed by atoms with Crippen molar-refractivity contribution in [2.75, 3.05) is 11.9 Å². The highest BCUT2D eigenvalue weighted by Crippen LogP contribution is 2.20. The molecule has 21 heavy (non-hydrogen) atoms. The Bertz CT molecular complexity index is 568. The van der Waals surface area contributed by atoms with Crippen molar-refractivity contribution in [3.05, 3.63) is 77.3 Å². The van der Waals surface area contributed by atoms with Gasteiger partial charge in [-0.1, -0.05) is 52.3 Å². The van der Waals surface area contributed by atoms with Gasteiger partial charge in [-0.05, 0) is 36.8 Å². The van der Waals surface area contributed by atoms with Crippen molar-refractivity contribution in [2.24, 2.45) is 0 Å². The van der Waals surface area contributed by atoms with E-state index in [0.29, 0.717) is 13.2 Å². The molecular formula is C18H20BrNO. The van der Waals surface area contributed by atoms with Crippen LogP contribution in [0.5, 0.6) is 0 Å². The number of benzene rings is 2. The maximum absolute atomic E-state index is 5.83. The van der Waals surface area contributed by atoms with Crippen LogP contribution in [0.15, 0.2) is 71.7 Å². The molecular weight excluding hydrogens is 326 g/mol. The maximum Gasteiger partial charge on any atom is 0.0759 e. The van der Waals surface area contributed by atoms with E-state index >= 15 is 0 Å². The molecule has 0 aromatic heterocycles. The fraction of sp³-hybridized carbons (Fsp3) is 0.222. The van der Waals surface area contributed by atoms with Crippen LogP contribution in [0, 0.1) is 0 Å². The van der Waals surface area contributed by atoms with Gasteiger partial charge < -0.3 is 10.1 Å². The zero-order valence-corrected chi connectivity index (χ0v) is 13.8. The molecule has 0 saturated heterocycles. The molecule has 0 aliphatic carbocycles. The van der Waals surface area contributed by atoms with Crippen LogP contribution in [-0.4, -0.2) is 12.1 Å². The van der Waals surface area contributed by atoms with Gasteiger partial charge in [0.1, 0.15) is 0 Å². The third kappa shape index (κ3) is 5.03. The largest absolute Gasteiger partial charge is 0.374 e. The summed E-state index contributed by atoms with van der Waals surface area (Å²) in [6, 6.07) is 18.3. The lowest BCUT2D eigenvalue weighted by Gasteiger charge is -2.28. The Morgan fingerprint density at radius 3 is 2.43 bits per heavy atom. The van der Waals surface area contributed by atoms with Gasteiger partial charge in [0.2, 0.25) is 0 Å². The van der Waals surface area contributed by atoms with E-state index in [-0.39, 0.29) is 5.54 Å². The molecule has 0 bridgehead atoms. The molecule has 2 nitrogen and oxygen atoms in total. The van der Waals surface area contributed by atoms with Gasteiger partial charge in [0.15, 0.2) is 0 Å². The summed E-state index contributed by atoms with van der Waals surface area (Å²) >= 11 is 3.44. The summed E-state index contributed by atoms with van der Waals surface area (Å²) in [5.41, 5.74) is 1.92. The molecule has 0 amide bonds. The van der Waals surface area contributed by atoms with E-state index in [1.165, 1.54) is 5.56 Å². The number of nitrogens with one attached hydrogen (secondary N) is 1. The summed E-state index contributed by atoms with van der Waals surface area (Å²) in [4.78, 5) is 0. The van der Waals surface area contributed by atoms with Gasteiger partial charge in [-0.15, -0.1) is 6.58 Å². The minimum atomic E-state index is -0.303. The van der Waals surface area contributed by atoms with Crippen molar-refractivity contribution in [1.29, 1.82) is 0 Å². The number of ether oxygens (including phenoxy) is 1. The highest BCUT2D eigenvalue weighted by molar-refractivity contribution is 9.10. The summed E-state index contributed by atoms with van der Waals surface area (Å²) in [7, 11) is 0. The van der Waals surface area contributed by atoms with Gasteiger partial charge in [-0.3, -0.25) is 0 Å². The SMILES string of the molecule is C=C[C@@](C)(COCc1ccccc1)Nc1ccc(Br)cc1. The van der Waals surface area contributed by atoms with E-state index in [4.69, 9.17) is 4.74 Å². The van der Waals surface area contributed by atoms with E-state index in [1.54, 1.807) is 0 Å². The molecule has 0 spiro atoms. The first-order chi connectivity index (χ1) is 10.1. The molecule has 1 atom stereocenters. The minimum Gasteiger partial charge on any atom is -0.374 e. The molecule has 0 fully saturated rings. The van der Waals surface area contributed by atoms with Gasteiger partial charge >= 0.3 is 0 Å². The first kappa shape index (κ1) is 15.8. The highest BCUT2D eigenvalue weighted by Gasteiger charge is 2.20. The van der Waals surface area contributed by atoms with E-state index in [1.807, 2.05) is 48.5 Å². The van der Waals surface area contributed by atoms with Gasteiger partial charge in [0.05, 0.1) is 18.8 Å². The van der Waals surface area contributed by atoms with E-state index in [2.05, 4.69) is 46.9 Å². The third-order valence-electron chi connectivity index (χ3n) is 3.24. The van der Waals surface area contributed by atoms with Crippen LogP contribution in [0.1, 0.15) is 12.5 Å². The van der Waals surface area contributed by atoms with Crippen LogP contribution in [0.4, 0.5) is 5.69 Å². The summed E-state index contributed by atoms with van der Waals surface area (Å²) < 4.78 is 6.89. The van der Waals surface area contributed by atoms with Crippen LogP contribution in [0.25, 0.3) is 0 Å². The second-order valence-electron chi connectivity index (χ2n) is 5.23. The van der Waals surface area contributed by atoms with Crippen molar-refractivity contribution in [1.82, 2.24) is 0 Å². The lowest BCUT2D eigenvalue weighted by molar-refractivity contribution is 0.0988.